The van der Waals surface area contributed by atoms with Crippen molar-refractivity contribution in [3.8, 4) is 5.75 Å². The summed E-state index contributed by atoms with van der Waals surface area (Å²) in [6, 6.07) is 14.0. The summed E-state index contributed by atoms with van der Waals surface area (Å²) in [6.07, 6.45) is 0. The number of methoxy groups -OCH3 is 2. The first-order valence-electron chi connectivity index (χ1n) is 11.3. The number of nitrogens with zero attached hydrogens (tertiary/aromatic N) is 1. The molecule has 204 valence electrons. The van der Waals surface area contributed by atoms with Gasteiger partial charge in [0.25, 0.3) is 17.7 Å². The van der Waals surface area contributed by atoms with Crippen LogP contribution < -0.4 is 25.4 Å². The van der Waals surface area contributed by atoms with Crippen LogP contribution in [-0.2, 0) is 14.3 Å². The maximum atomic E-state index is 13.1. The lowest BCUT2D eigenvalue weighted by Gasteiger charge is -2.16. The van der Waals surface area contributed by atoms with Crippen LogP contribution in [0.3, 0.4) is 0 Å². The first-order chi connectivity index (χ1) is 19.0. The van der Waals surface area contributed by atoms with Gasteiger partial charge in [0.2, 0.25) is 0 Å². The lowest BCUT2D eigenvalue weighted by Crippen LogP contribution is -2.32. The Labute approximate surface area is 236 Å². The Morgan fingerprint density at radius 3 is 2.27 bits per heavy atom. The lowest BCUT2D eigenvalue weighted by atomic mass is 10.1. The number of halogens is 2. The van der Waals surface area contributed by atoms with Gasteiger partial charge in [-0.2, -0.15) is 0 Å². The number of carboxylic acids is 1. The quantitative estimate of drug-likeness (QED) is 0.301. The number of imide groups is 1. The van der Waals surface area contributed by atoms with Gasteiger partial charge in [-0.05, 0) is 42.5 Å². The number of carboxylic acid groups (broad SMARTS) is 1. The third-order valence-electron chi connectivity index (χ3n) is 5.70. The summed E-state index contributed by atoms with van der Waals surface area (Å²) in [5.74, 6) is -4.43. The van der Waals surface area contributed by atoms with Crippen LogP contribution in [0, 0.1) is 0 Å². The summed E-state index contributed by atoms with van der Waals surface area (Å²) in [7, 11) is 2.45. The van der Waals surface area contributed by atoms with Crippen LogP contribution in [0.1, 0.15) is 31.1 Å². The zero-order valence-electron chi connectivity index (χ0n) is 20.7. The number of carbonyl (C=O) groups is 5. The number of carbonyl (C=O) groups excluding carboxylic acids is 5. The maximum absolute atomic E-state index is 13.1. The molecule has 0 fully saturated rings. The molecule has 0 aliphatic carbocycles. The zero-order chi connectivity index (χ0) is 29.1. The van der Waals surface area contributed by atoms with Gasteiger partial charge < -0.3 is 30.0 Å². The SMILES string of the molecule is COC(=O)c1cccc(N2C(=O)C(Cl)=C(Nc3cccc(C(=O)Nc4cc(OC)c(C(=O)[O-])cc4Cl)c3)C2=O)c1. The van der Waals surface area contributed by atoms with E-state index in [2.05, 4.69) is 15.4 Å². The third kappa shape index (κ3) is 5.46. The van der Waals surface area contributed by atoms with Crippen LogP contribution in [-0.4, -0.2) is 43.9 Å². The highest BCUT2D eigenvalue weighted by Crippen LogP contribution is 2.32. The second kappa shape index (κ2) is 11.5. The molecule has 0 aromatic heterocycles. The molecule has 0 unspecified atom stereocenters. The molecular weight excluding hydrogens is 565 g/mol. The maximum Gasteiger partial charge on any atom is 0.337 e. The van der Waals surface area contributed by atoms with E-state index in [0.717, 1.165) is 11.0 Å². The number of benzene rings is 3. The number of nitrogens with one attached hydrogen (secondary N) is 2. The fraction of sp³-hybridized carbons (Fsp3) is 0.0741. The minimum atomic E-state index is -1.50. The monoisotopic (exact) mass is 582 g/mol. The summed E-state index contributed by atoms with van der Waals surface area (Å²) in [4.78, 5) is 62.9. The van der Waals surface area contributed by atoms with Crippen LogP contribution >= 0.6 is 23.2 Å². The van der Waals surface area contributed by atoms with Crippen LogP contribution in [0.25, 0.3) is 0 Å². The smallest absolute Gasteiger partial charge is 0.337 e. The van der Waals surface area contributed by atoms with Crippen molar-refractivity contribution in [3.05, 3.63) is 93.1 Å². The molecule has 3 aromatic rings. The summed E-state index contributed by atoms with van der Waals surface area (Å²) >= 11 is 12.3. The lowest BCUT2D eigenvalue weighted by molar-refractivity contribution is -0.255. The largest absolute Gasteiger partial charge is 0.545 e. The molecule has 4 rings (SSSR count). The van der Waals surface area contributed by atoms with Gasteiger partial charge in [0.1, 0.15) is 16.5 Å². The number of hydrogen-bond donors (Lipinski definition) is 2. The van der Waals surface area contributed by atoms with Crippen molar-refractivity contribution in [2.24, 2.45) is 0 Å². The Morgan fingerprint density at radius 2 is 1.60 bits per heavy atom. The van der Waals surface area contributed by atoms with Gasteiger partial charge in [-0.15, -0.1) is 0 Å². The predicted octanol–water partition coefficient (Wildman–Crippen LogP) is 3.19. The van der Waals surface area contributed by atoms with Crippen molar-refractivity contribution >= 4 is 69.9 Å². The summed E-state index contributed by atoms with van der Waals surface area (Å²) in [5.41, 5.74) is 0.172. The standard InChI is InChI=1S/C27H19Cl2N3O8/c1-39-20-12-19(18(28)11-17(20)26(36)37)31-23(33)13-5-3-7-15(9-13)30-22-21(29)24(34)32(25(22)35)16-8-4-6-14(10-16)27(38)40-2/h3-12,30H,1-2H3,(H,31,33)(H,36,37)/p-1. The van der Waals surface area contributed by atoms with Crippen LogP contribution in [0.15, 0.2) is 71.4 Å². The van der Waals surface area contributed by atoms with Gasteiger partial charge in [-0.25, -0.2) is 9.69 Å². The van der Waals surface area contributed by atoms with Gasteiger partial charge in [0.05, 0.1) is 42.1 Å². The van der Waals surface area contributed by atoms with E-state index in [1.807, 2.05) is 0 Å². The minimum absolute atomic E-state index is 0.0639. The highest BCUT2D eigenvalue weighted by Gasteiger charge is 2.39. The van der Waals surface area contributed by atoms with E-state index in [9.17, 15) is 29.1 Å². The molecule has 0 saturated carbocycles. The summed E-state index contributed by atoms with van der Waals surface area (Å²) in [6.45, 7) is 0. The van der Waals surface area contributed by atoms with E-state index in [4.69, 9.17) is 27.9 Å². The zero-order valence-corrected chi connectivity index (χ0v) is 22.3. The average molecular weight is 583 g/mol. The fourth-order valence-electron chi connectivity index (χ4n) is 3.79. The number of hydrogen-bond acceptors (Lipinski definition) is 9. The molecule has 0 bridgehead atoms. The predicted molar refractivity (Wildman–Crippen MR) is 144 cm³/mol. The molecule has 2 N–H and O–H groups in total. The number of rotatable bonds is 8. The molecule has 40 heavy (non-hydrogen) atoms. The van der Waals surface area contributed by atoms with Gasteiger partial charge in [0.15, 0.2) is 0 Å². The highest BCUT2D eigenvalue weighted by molar-refractivity contribution is 6.53. The Balaban J connectivity index is 1.55. The second-order valence-electron chi connectivity index (χ2n) is 8.16. The molecule has 3 aromatic carbocycles. The van der Waals surface area contributed by atoms with Crippen molar-refractivity contribution in [1.29, 1.82) is 0 Å². The Bertz CT molecular complexity index is 1620. The van der Waals surface area contributed by atoms with Crippen molar-refractivity contribution in [3.63, 3.8) is 0 Å². The first-order valence-corrected chi connectivity index (χ1v) is 12.1. The van der Waals surface area contributed by atoms with Gasteiger partial charge in [-0.3, -0.25) is 14.4 Å². The summed E-state index contributed by atoms with van der Waals surface area (Å²) in [5, 5.41) is 16.1. The molecule has 0 atom stereocenters. The Hall–Kier alpha value is -4.87. The van der Waals surface area contributed by atoms with Crippen molar-refractivity contribution < 1.29 is 38.6 Å². The number of esters is 1. The normalized spacial score (nSPS) is 12.8. The fourth-order valence-corrected chi connectivity index (χ4v) is 4.21. The molecule has 1 aliphatic heterocycles. The molecule has 11 nitrogen and oxygen atoms in total. The molecule has 0 saturated heterocycles. The topological polar surface area (TPSA) is 154 Å². The molecule has 1 heterocycles. The van der Waals surface area contributed by atoms with Gasteiger partial charge in [0, 0.05) is 22.9 Å². The van der Waals surface area contributed by atoms with Crippen molar-refractivity contribution in [2.75, 3.05) is 29.8 Å². The van der Waals surface area contributed by atoms with Gasteiger partial charge in [-0.1, -0.05) is 35.3 Å². The highest BCUT2D eigenvalue weighted by atomic mass is 35.5. The van der Waals surface area contributed by atoms with E-state index >= 15 is 0 Å². The Kier molecular flexibility index (Phi) is 8.08. The second-order valence-corrected chi connectivity index (χ2v) is 8.94. The first kappa shape index (κ1) is 28.1. The molecule has 0 spiro atoms. The van der Waals surface area contributed by atoms with Crippen molar-refractivity contribution in [2.45, 2.75) is 0 Å². The van der Waals surface area contributed by atoms with Crippen molar-refractivity contribution in [1.82, 2.24) is 0 Å². The molecule has 3 amide bonds. The van der Waals surface area contributed by atoms with E-state index in [1.165, 1.54) is 68.8 Å². The van der Waals surface area contributed by atoms with E-state index in [0.29, 0.717) is 0 Å². The van der Waals surface area contributed by atoms with Crippen LogP contribution in [0.5, 0.6) is 5.75 Å². The van der Waals surface area contributed by atoms with E-state index in [-0.39, 0.29) is 50.2 Å². The number of aromatic carboxylic acids is 1. The third-order valence-corrected chi connectivity index (χ3v) is 6.37. The molecule has 13 heteroatoms. The number of anilines is 3. The van der Waals surface area contributed by atoms with Crippen LogP contribution in [0.4, 0.5) is 17.1 Å². The molecule has 0 radical (unpaired) electrons. The van der Waals surface area contributed by atoms with Gasteiger partial charge >= 0.3 is 5.97 Å². The number of amides is 3. The van der Waals surface area contributed by atoms with E-state index < -0.39 is 34.7 Å². The average Bonchev–Trinajstić information content (AvgIpc) is 3.16. The Morgan fingerprint density at radius 1 is 0.900 bits per heavy atom. The molecule has 1 aliphatic rings. The van der Waals surface area contributed by atoms with Crippen LogP contribution in [0.2, 0.25) is 5.02 Å². The minimum Gasteiger partial charge on any atom is -0.545 e. The number of ether oxygens (including phenoxy) is 2. The van der Waals surface area contributed by atoms with E-state index in [1.54, 1.807) is 0 Å². The summed E-state index contributed by atoms with van der Waals surface area (Å²) < 4.78 is 9.71. The molecular formula is C27H18Cl2N3O8-.